The summed E-state index contributed by atoms with van der Waals surface area (Å²) in [5.41, 5.74) is 1.64. The van der Waals surface area contributed by atoms with Gasteiger partial charge in [0.1, 0.15) is 23.4 Å². The van der Waals surface area contributed by atoms with Crippen molar-refractivity contribution in [3.05, 3.63) is 59.2 Å². The fraction of sp³-hybridized carbons (Fsp3) is 0.444. The van der Waals surface area contributed by atoms with Gasteiger partial charge in [0.2, 0.25) is 5.91 Å². The Morgan fingerprint density at radius 2 is 1.66 bits per heavy atom. The minimum absolute atomic E-state index is 0.0564. The number of hydrogen-bond acceptors (Lipinski definition) is 5. The molecule has 35 heavy (non-hydrogen) atoms. The van der Waals surface area contributed by atoms with Crippen molar-refractivity contribution >= 4 is 23.6 Å². The molecule has 0 aliphatic heterocycles. The second kappa shape index (κ2) is 11.7. The predicted octanol–water partition coefficient (Wildman–Crippen LogP) is 4.84. The van der Waals surface area contributed by atoms with Crippen LogP contribution >= 0.6 is 0 Å². The van der Waals surface area contributed by atoms with Crippen LogP contribution in [0.15, 0.2) is 42.5 Å². The summed E-state index contributed by atoms with van der Waals surface area (Å²) >= 11 is 0. The Hall–Kier alpha value is -3.55. The van der Waals surface area contributed by atoms with Gasteiger partial charge in [-0.1, -0.05) is 43.3 Å². The number of phenolic OH excluding ortho intramolecular Hbond substituents is 1. The van der Waals surface area contributed by atoms with Crippen LogP contribution in [0.5, 0.6) is 5.75 Å². The number of aryl methyl sites for hydroxylation is 2. The number of aromatic hydroxyl groups is 1. The van der Waals surface area contributed by atoms with Crippen molar-refractivity contribution in [1.29, 1.82) is 0 Å². The van der Waals surface area contributed by atoms with Gasteiger partial charge >= 0.3 is 6.09 Å². The van der Waals surface area contributed by atoms with E-state index < -0.39 is 35.6 Å². The minimum atomic E-state index is -1.12. The summed E-state index contributed by atoms with van der Waals surface area (Å²) in [6.07, 6.45) is -0.167. The van der Waals surface area contributed by atoms with E-state index in [0.717, 1.165) is 5.56 Å². The molecule has 0 aromatic heterocycles. The number of anilines is 1. The van der Waals surface area contributed by atoms with Crippen LogP contribution in [0.2, 0.25) is 0 Å². The Balaban J connectivity index is 2.46. The highest BCUT2D eigenvalue weighted by atomic mass is 16.6. The first-order valence-electron chi connectivity index (χ1n) is 11.8. The summed E-state index contributed by atoms with van der Waals surface area (Å²) in [6.45, 7) is 12.5. The Bertz CT molecular complexity index is 1060. The number of benzene rings is 2. The molecule has 2 aromatic rings. The zero-order valence-electron chi connectivity index (χ0n) is 21.6. The van der Waals surface area contributed by atoms with Gasteiger partial charge in [0.25, 0.3) is 5.91 Å². The Kier molecular flexibility index (Phi) is 9.28. The van der Waals surface area contributed by atoms with Crippen LogP contribution < -0.4 is 10.6 Å². The van der Waals surface area contributed by atoms with Gasteiger partial charge in [-0.05, 0) is 65.2 Å². The molecule has 0 saturated carbocycles. The van der Waals surface area contributed by atoms with Gasteiger partial charge in [-0.3, -0.25) is 9.59 Å². The molecule has 0 saturated heterocycles. The highest BCUT2D eigenvalue weighted by Crippen LogP contribution is 2.33. The summed E-state index contributed by atoms with van der Waals surface area (Å²) in [5, 5.41) is 16.3. The second-order valence-corrected chi connectivity index (χ2v) is 9.62. The molecule has 2 rings (SSSR count). The first-order chi connectivity index (χ1) is 16.4. The first-order valence-corrected chi connectivity index (χ1v) is 11.8. The third-order valence-corrected chi connectivity index (χ3v) is 5.38. The van der Waals surface area contributed by atoms with Crippen molar-refractivity contribution < 1.29 is 24.2 Å². The lowest BCUT2D eigenvalue weighted by Crippen LogP contribution is -2.51. The zero-order chi connectivity index (χ0) is 26.3. The molecule has 2 unspecified atom stereocenters. The largest absolute Gasteiger partial charge is 0.507 e. The van der Waals surface area contributed by atoms with Crippen molar-refractivity contribution in [2.24, 2.45) is 0 Å². The van der Waals surface area contributed by atoms with Crippen LogP contribution in [0.3, 0.4) is 0 Å². The third-order valence-electron chi connectivity index (χ3n) is 5.38. The van der Waals surface area contributed by atoms with E-state index in [1.807, 2.05) is 32.0 Å². The summed E-state index contributed by atoms with van der Waals surface area (Å²) < 4.78 is 5.28. The fourth-order valence-corrected chi connectivity index (χ4v) is 3.67. The number of nitrogens with one attached hydrogen (secondary N) is 2. The maximum absolute atomic E-state index is 13.7. The third kappa shape index (κ3) is 7.47. The van der Waals surface area contributed by atoms with Crippen molar-refractivity contribution in [1.82, 2.24) is 10.2 Å². The molecule has 0 radical (unpaired) electrons. The summed E-state index contributed by atoms with van der Waals surface area (Å²) in [7, 11) is 0. The van der Waals surface area contributed by atoms with Gasteiger partial charge in [-0.15, -0.1) is 0 Å². The summed E-state index contributed by atoms with van der Waals surface area (Å²) in [4.78, 5) is 40.9. The van der Waals surface area contributed by atoms with E-state index in [1.165, 1.54) is 4.90 Å². The first kappa shape index (κ1) is 27.7. The van der Waals surface area contributed by atoms with E-state index >= 15 is 0 Å². The molecule has 3 amide bonds. The van der Waals surface area contributed by atoms with Gasteiger partial charge in [-0.25, -0.2) is 4.79 Å². The van der Waals surface area contributed by atoms with Crippen molar-refractivity contribution in [2.45, 2.75) is 72.6 Å². The molecule has 3 N–H and O–H groups in total. The van der Waals surface area contributed by atoms with Crippen LogP contribution in [0.1, 0.15) is 63.8 Å². The number of carbonyl (C=O) groups is 3. The number of carbonyl (C=O) groups excluding carboxylic acids is 3. The molecule has 2 aromatic carbocycles. The maximum Gasteiger partial charge on any atom is 0.408 e. The number of para-hydroxylation sites is 2. The number of alkyl carbamates (subject to hydrolysis) is 1. The smallest absolute Gasteiger partial charge is 0.408 e. The molecule has 0 fully saturated rings. The molecule has 0 aliphatic carbocycles. The summed E-state index contributed by atoms with van der Waals surface area (Å²) in [6, 6.07) is 10.3. The molecule has 0 bridgehead atoms. The van der Waals surface area contributed by atoms with Crippen molar-refractivity contribution in [3.8, 4) is 5.75 Å². The standard InChI is InChI=1S/C27H37N3O5/c1-8-16-30(25(33)19(4)28-26(34)35-27(5,6)7)22(20-14-11-13-18(3)23(20)31)24(32)29-21-15-10-9-12-17(21)2/h9-15,19,22,31H,8,16H2,1-7H3,(H,28,34)(H,29,32). The molecular formula is C27H37N3O5. The lowest BCUT2D eigenvalue weighted by molar-refractivity contribution is -0.140. The molecule has 8 nitrogen and oxygen atoms in total. The van der Waals surface area contributed by atoms with Crippen LogP contribution in [0.25, 0.3) is 0 Å². The van der Waals surface area contributed by atoms with E-state index in [1.54, 1.807) is 58.9 Å². The number of nitrogens with zero attached hydrogens (tertiary/aromatic N) is 1. The summed E-state index contributed by atoms with van der Waals surface area (Å²) in [5.74, 6) is -0.992. The van der Waals surface area contributed by atoms with Crippen LogP contribution in [-0.2, 0) is 14.3 Å². The molecule has 2 atom stereocenters. The lowest BCUT2D eigenvalue weighted by Gasteiger charge is -2.34. The van der Waals surface area contributed by atoms with E-state index in [4.69, 9.17) is 4.74 Å². The van der Waals surface area contributed by atoms with Gasteiger partial charge in [-0.2, -0.15) is 0 Å². The van der Waals surface area contributed by atoms with Gasteiger partial charge in [0, 0.05) is 17.8 Å². The average Bonchev–Trinajstić information content (AvgIpc) is 2.76. The quantitative estimate of drug-likeness (QED) is 0.498. The van der Waals surface area contributed by atoms with Gasteiger partial charge in [0.05, 0.1) is 0 Å². The SMILES string of the molecule is CCCN(C(=O)C(C)NC(=O)OC(C)(C)C)C(C(=O)Nc1ccccc1C)c1cccc(C)c1O. The number of rotatable bonds is 8. The highest BCUT2D eigenvalue weighted by Gasteiger charge is 2.36. The molecule has 8 heteroatoms. The second-order valence-electron chi connectivity index (χ2n) is 9.62. The Morgan fingerprint density at radius 3 is 2.26 bits per heavy atom. The molecule has 0 heterocycles. The zero-order valence-corrected chi connectivity index (χ0v) is 21.6. The van der Waals surface area contributed by atoms with Crippen molar-refractivity contribution in [2.75, 3.05) is 11.9 Å². The molecular weight excluding hydrogens is 446 g/mol. The normalized spacial score (nSPS) is 12.9. The van der Waals surface area contributed by atoms with Crippen LogP contribution in [-0.4, -0.2) is 46.1 Å². The van der Waals surface area contributed by atoms with E-state index in [9.17, 15) is 19.5 Å². The molecule has 190 valence electrons. The highest BCUT2D eigenvalue weighted by molar-refractivity contribution is 5.99. The number of phenols is 1. The number of ether oxygens (including phenoxy) is 1. The monoisotopic (exact) mass is 483 g/mol. The van der Waals surface area contributed by atoms with E-state index in [0.29, 0.717) is 23.2 Å². The van der Waals surface area contributed by atoms with Crippen LogP contribution in [0, 0.1) is 13.8 Å². The lowest BCUT2D eigenvalue weighted by atomic mass is 9.99. The minimum Gasteiger partial charge on any atom is -0.507 e. The Labute approximate surface area is 207 Å². The molecule has 0 spiro atoms. The van der Waals surface area contributed by atoms with Crippen LogP contribution in [0.4, 0.5) is 10.5 Å². The number of hydrogen-bond donors (Lipinski definition) is 3. The number of amides is 3. The van der Waals surface area contributed by atoms with E-state index in [2.05, 4.69) is 10.6 Å². The molecule has 0 aliphatic rings. The maximum atomic E-state index is 13.7. The van der Waals surface area contributed by atoms with Gasteiger partial charge < -0.3 is 25.4 Å². The van der Waals surface area contributed by atoms with Gasteiger partial charge in [0.15, 0.2) is 0 Å². The van der Waals surface area contributed by atoms with Crippen molar-refractivity contribution in [3.63, 3.8) is 0 Å². The Morgan fingerprint density at radius 1 is 1.03 bits per heavy atom. The topological polar surface area (TPSA) is 108 Å². The predicted molar refractivity (Wildman–Crippen MR) is 136 cm³/mol. The van der Waals surface area contributed by atoms with E-state index in [-0.39, 0.29) is 12.3 Å². The fourth-order valence-electron chi connectivity index (χ4n) is 3.67. The average molecular weight is 484 g/mol.